The van der Waals surface area contributed by atoms with Gasteiger partial charge < -0.3 is 5.32 Å². The zero-order valence-corrected chi connectivity index (χ0v) is 17.1. The Labute approximate surface area is 171 Å². The number of hydrogen-bond donors (Lipinski definition) is 2. The second-order valence-corrected chi connectivity index (χ2v) is 6.93. The third-order valence-corrected chi connectivity index (χ3v) is 4.72. The number of rotatable bonds is 9. The van der Waals surface area contributed by atoms with Crippen molar-refractivity contribution in [3.63, 3.8) is 0 Å². The maximum absolute atomic E-state index is 12.1. The van der Waals surface area contributed by atoms with Crippen molar-refractivity contribution < 1.29 is 9.59 Å². The van der Waals surface area contributed by atoms with Crippen LogP contribution >= 0.6 is 11.6 Å². The molecule has 0 unspecified atom stereocenters. The highest BCUT2D eigenvalue weighted by molar-refractivity contribution is 6.31. The van der Waals surface area contributed by atoms with Crippen LogP contribution in [0, 0.1) is 6.92 Å². The molecule has 0 heterocycles. The average Bonchev–Trinajstić information content (AvgIpc) is 2.70. The van der Waals surface area contributed by atoms with Gasteiger partial charge in [-0.1, -0.05) is 61.3 Å². The number of unbranched alkanes of at least 4 members (excludes halogenated alkanes) is 1. The van der Waals surface area contributed by atoms with Crippen molar-refractivity contribution in [2.24, 2.45) is 5.10 Å². The van der Waals surface area contributed by atoms with Crippen LogP contribution < -0.4 is 10.7 Å². The van der Waals surface area contributed by atoms with E-state index in [1.165, 1.54) is 0 Å². The number of halogens is 1. The first-order chi connectivity index (χ1) is 13.5. The van der Waals surface area contributed by atoms with E-state index in [1.807, 2.05) is 37.3 Å². The van der Waals surface area contributed by atoms with Gasteiger partial charge in [0.15, 0.2) is 0 Å². The summed E-state index contributed by atoms with van der Waals surface area (Å²) in [6, 6.07) is 15.1. The van der Waals surface area contributed by atoms with Crippen molar-refractivity contribution in [2.45, 2.75) is 46.0 Å². The van der Waals surface area contributed by atoms with Crippen LogP contribution in [0.4, 0.5) is 5.69 Å². The Morgan fingerprint density at radius 2 is 1.68 bits per heavy atom. The van der Waals surface area contributed by atoms with Gasteiger partial charge in [-0.2, -0.15) is 5.10 Å². The van der Waals surface area contributed by atoms with Gasteiger partial charge in [0.1, 0.15) is 0 Å². The van der Waals surface area contributed by atoms with E-state index in [0.29, 0.717) is 10.7 Å². The lowest BCUT2D eigenvalue weighted by Crippen LogP contribution is -2.22. The smallest absolute Gasteiger partial charge is 0.240 e. The number of carbonyl (C=O) groups excluding carboxylic acids is 2. The number of hydrogen-bond acceptors (Lipinski definition) is 3. The molecule has 0 aliphatic rings. The summed E-state index contributed by atoms with van der Waals surface area (Å²) in [5, 5.41) is 7.66. The average molecular weight is 400 g/mol. The minimum absolute atomic E-state index is 0.0603. The Hall–Kier alpha value is -2.66. The van der Waals surface area contributed by atoms with E-state index in [2.05, 4.69) is 22.8 Å². The zero-order valence-electron chi connectivity index (χ0n) is 16.3. The van der Waals surface area contributed by atoms with Gasteiger partial charge in [-0.15, -0.1) is 0 Å². The fourth-order valence-electron chi connectivity index (χ4n) is 2.61. The summed E-state index contributed by atoms with van der Waals surface area (Å²) in [6.07, 6.45) is 2.96. The molecule has 2 rings (SSSR count). The summed E-state index contributed by atoms with van der Waals surface area (Å²) in [5.74, 6) is -0.526. The molecule has 0 fully saturated rings. The fourth-order valence-corrected chi connectivity index (χ4v) is 2.78. The molecule has 0 spiro atoms. The number of nitrogens with one attached hydrogen (secondary N) is 2. The van der Waals surface area contributed by atoms with Crippen LogP contribution in [0.25, 0.3) is 0 Å². The second-order valence-electron chi connectivity index (χ2n) is 6.52. The largest absolute Gasteiger partial charge is 0.326 e. The van der Waals surface area contributed by atoms with E-state index < -0.39 is 0 Å². The third-order valence-electron chi connectivity index (χ3n) is 4.31. The fraction of sp³-hybridized carbons (Fsp3) is 0.318. The Balaban J connectivity index is 1.88. The van der Waals surface area contributed by atoms with Gasteiger partial charge in [0.05, 0.1) is 5.71 Å². The maximum Gasteiger partial charge on any atom is 0.240 e. The lowest BCUT2D eigenvalue weighted by Gasteiger charge is -2.09. The van der Waals surface area contributed by atoms with E-state index in [1.54, 1.807) is 18.2 Å². The molecule has 5 nitrogen and oxygen atoms in total. The highest BCUT2D eigenvalue weighted by Gasteiger charge is 2.10. The highest BCUT2D eigenvalue weighted by Crippen LogP contribution is 2.23. The Morgan fingerprint density at radius 1 is 0.964 bits per heavy atom. The molecule has 0 aliphatic heterocycles. The summed E-state index contributed by atoms with van der Waals surface area (Å²) < 4.78 is 0. The van der Waals surface area contributed by atoms with Crippen LogP contribution in [0.15, 0.2) is 53.6 Å². The number of hydrazone groups is 1. The normalized spacial score (nSPS) is 11.2. The summed E-state index contributed by atoms with van der Waals surface area (Å²) >= 11 is 6.05. The van der Waals surface area contributed by atoms with E-state index in [9.17, 15) is 9.59 Å². The summed E-state index contributed by atoms with van der Waals surface area (Å²) in [4.78, 5) is 24.2. The SMILES string of the molecule is CCCCC(=NNC(=O)CCC(=O)Nc1cccc(Cl)c1C)c1ccccc1. The van der Waals surface area contributed by atoms with E-state index >= 15 is 0 Å². The molecule has 0 saturated carbocycles. The zero-order chi connectivity index (χ0) is 20.4. The molecule has 6 heteroatoms. The first-order valence-electron chi connectivity index (χ1n) is 9.47. The molecule has 2 aromatic rings. The van der Waals surface area contributed by atoms with Gasteiger partial charge in [-0.25, -0.2) is 5.43 Å². The van der Waals surface area contributed by atoms with E-state index in [0.717, 1.165) is 36.1 Å². The van der Waals surface area contributed by atoms with Crippen molar-refractivity contribution in [3.05, 3.63) is 64.7 Å². The van der Waals surface area contributed by atoms with Crippen molar-refractivity contribution in [1.82, 2.24) is 5.43 Å². The predicted octanol–water partition coefficient (Wildman–Crippen LogP) is 5.08. The molecular weight excluding hydrogens is 374 g/mol. The van der Waals surface area contributed by atoms with E-state index in [-0.39, 0.29) is 24.7 Å². The number of benzene rings is 2. The molecule has 0 saturated heterocycles. The second kappa shape index (κ2) is 11.2. The first-order valence-corrected chi connectivity index (χ1v) is 9.84. The van der Waals surface area contributed by atoms with Crippen LogP contribution in [-0.4, -0.2) is 17.5 Å². The third kappa shape index (κ3) is 6.82. The molecule has 0 aromatic heterocycles. The van der Waals surface area contributed by atoms with Crippen molar-refractivity contribution >= 4 is 34.8 Å². The molecule has 0 bridgehead atoms. The molecule has 2 amide bonds. The van der Waals surface area contributed by atoms with Crippen molar-refractivity contribution in [3.8, 4) is 0 Å². The lowest BCUT2D eigenvalue weighted by molar-refractivity contribution is -0.124. The van der Waals surface area contributed by atoms with Crippen molar-refractivity contribution in [1.29, 1.82) is 0 Å². The summed E-state index contributed by atoms with van der Waals surface area (Å²) in [7, 11) is 0. The van der Waals surface area contributed by atoms with Crippen LogP contribution in [-0.2, 0) is 9.59 Å². The van der Waals surface area contributed by atoms with Crippen LogP contribution in [0.3, 0.4) is 0 Å². The van der Waals surface area contributed by atoms with Crippen LogP contribution in [0.5, 0.6) is 0 Å². The number of carbonyl (C=O) groups is 2. The van der Waals surface area contributed by atoms with Gasteiger partial charge >= 0.3 is 0 Å². The quantitative estimate of drug-likeness (QED) is 0.456. The highest BCUT2D eigenvalue weighted by atomic mass is 35.5. The lowest BCUT2D eigenvalue weighted by atomic mass is 10.1. The number of nitrogens with zero attached hydrogens (tertiary/aromatic N) is 1. The van der Waals surface area contributed by atoms with Crippen LogP contribution in [0.2, 0.25) is 5.02 Å². The molecule has 2 N–H and O–H groups in total. The summed E-state index contributed by atoms with van der Waals surface area (Å²) in [5.41, 5.74) is 5.87. The van der Waals surface area contributed by atoms with Gasteiger partial charge in [-0.05, 0) is 43.0 Å². The molecule has 148 valence electrons. The van der Waals surface area contributed by atoms with Gasteiger partial charge in [0, 0.05) is 23.6 Å². The number of anilines is 1. The van der Waals surface area contributed by atoms with Gasteiger partial charge in [0.25, 0.3) is 0 Å². The molecule has 0 radical (unpaired) electrons. The standard InChI is InChI=1S/C22H26ClN3O2/c1-3-4-12-20(17-9-6-5-7-10-17)25-26-22(28)15-14-21(27)24-19-13-8-11-18(23)16(19)2/h5-11,13H,3-4,12,14-15H2,1-2H3,(H,24,27)(H,26,28). The summed E-state index contributed by atoms with van der Waals surface area (Å²) in [6.45, 7) is 3.95. The van der Waals surface area contributed by atoms with Gasteiger partial charge in [0.2, 0.25) is 11.8 Å². The monoisotopic (exact) mass is 399 g/mol. The topological polar surface area (TPSA) is 70.6 Å². The molecule has 0 atom stereocenters. The Bertz CT molecular complexity index is 835. The Kier molecular flexibility index (Phi) is 8.69. The van der Waals surface area contributed by atoms with Gasteiger partial charge in [-0.3, -0.25) is 9.59 Å². The van der Waals surface area contributed by atoms with Crippen LogP contribution in [0.1, 0.15) is 50.2 Å². The molecule has 2 aromatic carbocycles. The minimum atomic E-state index is -0.289. The van der Waals surface area contributed by atoms with Crippen molar-refractivity contribution in [2.75, 3.05) is 5.32 Å². The molecule has 0 aliphatic carbocycles. The minimum Gasteiger partial charge on any atom is -0.326 e. The molecule has 28 heavy (non-hydrogen) atoms. The number of amides is 2. The Morgan fingerprint density at radius 3 is 2.39 bits per heavy atom. The molecular formula is C22H26ClN3O2. The first kappa shape index (κ1) is 21.6. The predicted molar refractivity (Wildman–Crippen MR) is 115 cm³/mol. The maximum atomic E-state index is 12.1. The van der Waals surface area contributed by atoms with E-state index in [4.69, 9.17) is 11.6 Å².